The van der Waals surface area contributed by atoms with Gasteiger partial charge >= 0.3 is 0 Å². The van der Waals surface area contributed by atoms with Gasteiger partial charge in [0.2, 0.25) is 10.0 Å². The summed E-state index contributed by atoms with van der Waals surface area (Å²) in [5, 5.41) is 9.25. The SMILES string of the molecule is CSCCN(C)S(=O)(=O)c1ccc(CO)c(Cl)c1. The minimum absolute atomic E-state index is 0.147. The van der Waals surface area contributed by atoms with Crippen LogP contribution in [0, 0.1) is 0 Å². The van der Waals surface area contributed by atoms with Crippen molar-refractivity contribution in [3.63, 3.8) is 0 Å². The van der Waals surface area contributed by atoms with E-state index in [2.05, 4.69) is 0 Å². The highest BCUT2D eigenvalue weighted by molar-refractivity contribution is 7.98. The number of rotatable bonds is 6. The third-order valence-electron chi connectivity index (χ3n) is 2.51. The number of nitrogens with zero attached hydrogens (tertiary/aromatic N) is 1. The van der Waals surface area contributed by atoms with Gasteiger partial charge in [0.05, 0.1) is 11.5 Å². The molecule has 0 bridgehead atoms. The lowest BCUT2D eigenvalue weighted by Gasteiger charge is -2.17. The van der Waals surface area contributed by atoms with Crippen LogP contribution in [0.5, 0.6) is 0 Å². The number of thioether (sulfide) groups is 1. The summed E-state index contributed by atoms with van der Waals surface area (Å²) in [6, 6.07) is 4.36. The number of aliphatic hydroxyl groups excluding tert-OH is 1. The fourth-order valence-corrected chi connectivity index (χ4v) is 3.41. The molecule has 0 aliphatic rings. The standard InChI is InChI=1S/C11H16ClNO3S2/c1-13(5-6-17-2)18(15,16)10-4-3-9(8-14)11(12)7-10/h3-4,7,14H,5-6,8H2,1-2H3. The number of sulfonamides is 1. The van der Waals surface area contributed by atoms with E-state index in [1.165, 1.54) is 22.5 Å². The predicted octanol–water partition coefficient (Wildman–Crippen LogP) is 1.82. The Balaban J connectivity index is 3.01. The molecule has 0 aliphatic heterocycles. The van der Waals surface area contributed by atoms with Crippen LogP contribution in [0.2, 0.25) is 5.02 Å². The van der Waals surface area contributed by atoms with Gasteiger partial charge in [-0.3, -0.25) is 0 Å². The van der Waals surface area contributed by atoms with Crippen molar-refractivity contribution < 1.29 is 13.5 Å². The van der Waals surface area contributed by atoms with Gasteiger partial charge in [0.1, 0.15) is 0 Å². The third kappa shape index (κ3) is 3.61. The summed E-state index contributed by atoms with van der Waals surface area (Å²) >= 11 is 7.48. The summed E-state index contributed by atoms with van der Waals surface area (Å²) in [6.45, 7) is 0.240. The lowest BCUT2D eigenvalue weighted by Crippen LogP contribution is -2.29. The van der Waals surface area contributed by atoms with Crippen LogP contribution in [-0.2, 0) is 16.6 Å². The predicted molar refractivity (Wildman–Crippen MR) is 75.6 cm³/mol. The Morgan fingerprint density at radius 2 is 2.11 bits per heavy atom. The first-order chi connectivity index (χ1) is 8.43. The lowest BCUT2D eigenvalue weighted by molar-refractivity contribution is 0.282. The Kier molecular flexibility index (Phi) is 5.94. The van der Waals surface area contributed by atoms with E-state index in [0.29, 0.717) is 12.1 Å². The minimum Gasteiger partial charge on any atom is -0.392 e. The van der Waals surface area contributed by atoms with E-state index in [9.17, 15) is 8.42 Å². The molecule has 0 heterocycles. The minimum atomic E-state index is -3.50. The van der Waals surface area contributed by atoms with Crippen molar-refractivity contribution in [2.24, 2.45) is 0 Å². The van der Waals surface area contributed by atoms with Crippen molar-refractivity contribution in [1.29, 1.82) is 0 Å². The van der Waals surface area contributed by atoms with Gasteiger partial charge in [0, 0.05) is 24.4 Å². The molecule has 1 rings (SSSR count). The third-order valence-corrected chi connectivity index (χ3v) is 5.31. The van der Waals surface area contributed by atoms with Crippen LogP contribution in [-0.4, -0.2) is 43.4 Å². The molecule has 0 amide bonds. The second-order valence-electron chi connectivity index (χ2n) is 3.73. The molecule has 0 aromatic heterocycles. The average Bonchev–Trinajstić information content (AvgIpc) is 2.35. The van der Waals surface area contributed by atoms with Gasteiger partial charge in [0.25, 0.3) is 0 Å². The second-order valence-corrected chi connectivity index (χ2v) is 7.17. The van der Waals surface area contributed by atoms with Gasteiger partial charge in [-0.25, -0.2) is 12.7 Å². The molecule has 1 N–H and O–H groups in total. The first-order valence-corrected chi connectivity index (χ1v) is 8.49. The second kappa shape index (κ2) is 6.77. The molecular formula is C11H16ClNO3S2. The van der Waals surface area contributed by atoms with E-state index in [1.54, 1.807) is 18.8 Å². The van der Waals surface area contributed by atoms with E-state index >= 15 is 0 Å². The van der Waals surface area contributed by atoms with E-state index in [4.69, 9.17) is 16.7 Å². The summed E-state index contributed by atoms with van der Waals surface area (Å²) in [5.74, 6) is 0.734. The zero-order valence-electron chi connectivity index (χ0n) is 10.3. The number of hydrogen-bond donors (Lipinski definition) is 1. The molecule has 1 aromatic carbocycles. The van der Waals surface area contributed by atoms with Gasteiger partial charge in [0.15, 0.2) is 0 Å². The van der Waals surface area contributed by atoms with E-state index in [-0.39, 0.29) is 16.5 Å². The topological polar surface area (TPSA) is 57.6 Å². The van der Waals surface area contributed by atoms with Crippen molar-refractivity contribution in [3.8, 4) is 0 Å². The van der Waals surface area contributed by atoms with E-state index < -0.39 is 10.0 Å². The summed E-state index contributed by atoms with van der Waals surface area (Å²) in [6.07, 6.45) is 1.92. The molecule has 0 aliphatic carbocycles. The van der Waals surface area contributed by atoms with Crippen molar-refractivity contribution in [2.75, 3.05) is 25.6 Å². The monoisotopic (exact) mass is 309 g/mol. The fourth-order valence-electron chi connectivity index (χ4n) is 1.34. The molecule has 0 spiro atoms. The van der Waals surface area contributed by atoms with Crippen molar-refractivity contribution in [2.45, 2.75) is 11.5 Å². The lowest BCUT2D eigenvalue weighted by atomic mass is 10.2. The van der Waals surface area contributed by atoms with Gasteiger partial charge < -0.3 is 5.11 Å². The van der Waals surface area contributed by atoms with Gasteiger partial charge in [-0.15, -0.1) is 0 Å². The number of benzene rings is 1. The Morgan fingerprint density at radius 3 is 2.61 bits per heavy atom. The summed E-state index contributed by atoms with van der Waals surface area (Å²) in [5.41, 5.74) is 0.516. The molecule has 102 valence electrons. The van der Waals surface area contributed by atoms with Crippen LogP contribution in [0.25, 0.3) is 0 Å². The van der Waals surface area contributed by atoms with Crippen molar-refractivity contribution in [3.05, 3.63) is 28.8 Å². The summed E-state index contributed by atoms with van der Waals surface area (Å²) < 4.78 is 25.7. The Bertz CT molecular complexity index is 505. The highest BCUT2D eigenvalue weighted by Gasteiger charge is 2.21. The van der Waals surface area contributed by atoms with Gasteiger partial charge in [-0.2, -0.15) is 11.8 Å². The quantitative estimate of drug-likeness (QED) is 0.871. The Morgan fingerprint density at radius 1 is 1.44 bits per heavy atom. The molecule has 0 saturated heterocycles. The molecule has 0 radical (unpaired) electrons. The maximum absolute atomic E-state index is 12.2. The highest BCUT2D eigenvalue weighted by atomic mass is 35.5. The molecule has 18 heavy (non-hydrogen) atoms. The largest absolute Gasteiger partial charge is 0.392 e. The highest BCUT2D eigenvalue weighted by Crippen LogP contribution is 2.22. The van der Waals surface area contributed by atoms with Crippen LogP contribution >= 0.6 is 23.4 Å². The normalized spacial score (nSPS) is 12.1. The molecular weight excluding hydrogens is 294 g/mol. The average molecular weight is 310 g/mol. The van der Waals surface area contributed by atoms with Crippen LogP contribution in [0.3, 0.4) is 0 Å². The van der Waals surface area contributed by atoms with Crippen LogP contribution in [0.1, 0.15) is 5.56 Å². The number of hydrogen-bond acceptors (Lipinski definition) is 4. The van der Waals surface area contributed by atoms with Crippen LogP contribution in [0.15, 0.2) is 23.1 Å². The molecule has 0 atom stereocenters. The smallest absolute Gasteiger partial charge is 0.242 e. The maximum Gasteiger partial charge on any atom is 0.242 e. The van der Waals surface area contributed by atoms with Crippen molar-refractivity contribution >= 4 is 33.4 Å². The first-order valence-electron chi connectivity index (χ1n) is 5.28. The van der Waals surface area contributed by atoms with Crippen LogP contribution in [0.4, 0.5) is 0 Å². The van der Waals surface area contributed by atoms with Gasteiger partial charge in [-0.1, -0.05) is 17.7 Å². The Labute approximate surface area is 117 Å². The zero-order chi connectivity index (χ0) is 13.8. The van der Waals surface area contributed by atoms with E-state index in [1.807, 2.05) is 6.26 Å². The van der Waals surface area contributed by atoms with Crippen LogP contribution < -0.4 is 0 Å². The fraction of sp³-hybridized carbons (Fsp3) is 0.455. The maximum atomic E-state index is 12.2. The molecule has 4 nitrogen and oxygen atoms in total. The first kappa shape index (κ1) is 15.8. The summed E-state index contributed by atoms with van der Waals surface area (Å²) in [7, 11) is -1.96. The van der Waals surface area contributed by atoms with Crippen molar-refractivity contribution in [1.82, 2.24) is 4.31 Å². The number of aliphatic hydroxyl groups is 1. The Hall–Kier alpha value is -0.270. The van der Waals surface area contributed by atoms with E-state index in [0.717, 1.165) is 5.75 Å². The number of halogens is 1. The summed E-state index contributed by atoms with van der Waals surface area (Å²) in [4.78, 5) is 0.147. The molecule has 7 heteroatoms. The molecule has 0 unspecified atom stereocenters. The zero-order valence-corrected chi connectivity index (χ0v) is 12.6. The molecule has 0 fully saturated rings. The molecule has 1 aromatic rings. The molecule has 0 saturated carbocycles. The van der Waals surface area contributed by atoms with Gasteiger partial charge in [-0.05, 0) is 24.0 Å².